The van der Waals surface area contributed by atoms with Crippen LogP contribution >= 0.6 is 15.9 Å². The number of hydrogen-bond acceptors (Lipinski definition) is 2. The van der Waals surface area contributed by atoms with E-state index in [1.807, 2.05) is 12.1 Å². The number of halogens is 1. The van der Waals surface area contributed by atoms with Gasteiger partial charge in [0.05, 0.1) is 6.10 Å². The van der Waals surface area contributed by atoms with Crippen molar-refractivity contribution in [2.75, 3.05) is 18.5 Å². The molecule has 2 aromatic rings. The van der Waals surface area contributed by atoms with Gasteiger partial charge in [-0.3, -0.25) is 0 Å². The second kappa shape index (κ2) is 6.20. The zero-order valence-electron chi connectivity index (χ0n) is 12.2. The molecular weight excluding hydrogens is 326 g/mol. The van der Waals surface area contributed by atoms with Gasteiger partial charge in [-0.2, -0.15) is 0 Å². The van der Waals surface area contributed by atoms with E-state index in [4.69, 9.17) is 0 Å². The molecule has 0 saturated carbocycles. The molecule has 1 aliphatic rings. The Morgan fingerprint density at radius 2 is 2.10 bits per heavy atom. The highest BCUT2D eigenvalue weighted by molar-refractivity contribution is 9.10. The zero-order valence-corrected chi connectivity index (χ0v) is 13.8. The van der Waals surface area contributed by atoms with E-state index in [2.05, 4.69) is 58.2 Å². The summed E-state index contributed by atoms with van der Waals surface area (Å²) < 4.78 is 1.05. The quantitative estimate of drug-likeness (QED) is 0.904. The Bertz CT molecular complexity index is 641. The lowest BCUT2D eigenvalue weighted by Crippen LogP contribution is -2.24. The molecule has 1 heterocycles. The molecule has 1 N–H and O–H groups in total. The molecule has 3 rings (SSSR count). The Morgan fingerprint density at radius 3 is 2.90 bits per heavy atom. The Hall–Kier alpha value is -1.32. The molecule has 0 aromatic heterocycles. The summed E-state index contributed by atoms with van der Waals surface area (Å²) >= 11 is 3.48. The van der Waals surface area contributed by atoms with E-state index in [0.29, 0.717) is 6.42 Å². The maximum absolute atomic E-state index is 10.5. The van der Waals surface area contributed by atoms with E-state index in [0.717, 1.165) is 28.6 Å². The van der Waals surface area contributed by atoms with Gasteiger partial charge < -0.3 is 10.0 Å². The summed E-state index contributed by atoms with van der Waals surface area (Å²) in [5.41, 5.74) is 4.82. The fourth-order valence-corrected chi connectivity index (χ4v) is 3.46. The summed E-state index contributed by atoms with van der Waals surface area (Å²) in [7, 11) is 2.13. The smallest absolute Gasteiger partial charge is 0.0830 e. The van der Waals surface area contributed by atoms with Gasteiger partial charge in [0.25, 0.3) is 0 Å². The summed E-state index contributed by atoms with van der Waals surface area (Å²) in [5.74, 6) is 0. The molecule has 0 radical (unpaired) electrons. The van der Waals surface area contributed by atoms with Gasteiger partial charge in [0.15, 0.2) is 0 Å². The van der Waals surface area contributed by atoms with Crippen molar-refractivity contribution in [3.63, 3.8) is 0 Å². The molecule has 0 fully saturated rings. The van der Waals surface area contributed by atoms with Crippen LogP contribution in [-0.2, 0) is 12.8 Å². The van der Waals surface area contributed by atoms with Crippen LogP contribution < -0.4 is 4.90 Å². The minimum Gasteiger partial charge on any atom is -0.388 e. The van der Waals surface area contributed by atoms with Gasteiger partial charge >= 0.3 is 0 Å². The van der Waals surface area contributed by atoms with Gasteiger partial charge in [-0.15, -0.1) is 0 Å². The van der Waals surface area contributed by atoms with E-state index in [-0.39, 0.29) is 0 Å². The minimum absolute atomic E-state index is 0.447. The van der Waals surface area contributed by atoms with Crippen LogP contribution in [-0.4, -0.2) is 18.7 Å². The summed E-state index contributed by atoms with van der Waals surface area (Å²) in [4.78, 5) is 2.29. The molecule has 0 saturated heterocycles. The number of aliphatic hydroxyl groups is 1. The summed E-state index contributed by atoms with van der Waals surface area (Å²) in [6.45, 7) is 1.12. The fourth-order valence-electron chi connectivity index (χ4n) is 3.02. The van der Waals surface area contributed by atoms with Gasteiger partial charge in [-0.25, -0.2) is 0 Å². The van der Waals surface area contributed by atoms with Crippen LogP contribution in [0, 0.1) is 0 Å². The average Bonchev–Trinajstić information content (AvgIpc) is 2.47. The van der Waals surface area contributed by atoms with Crippen molar-refractivity contribution < 1.29 is 5.11 Å². The highest BCUT2D eigenvalue weighted by Gasteiger charge is 2.16. The SMILES string of the molecule is CN1CCCc2cc(C(O)Cc3cccc(Br)c3)ccc21. The van der Waals surface area contributed by atoms with Crippen LogP contribution in [0.3, 0.4) is 0 Å². The molecule has 0 spiro atoms. The molecular formula is C18H20BrNO. The topological polar surface area (TPSA) is 23.5 Å². The third kappa shape index (κ3) is 3.30. The van der Waals surface area contributed by atoms with Crippen molar-refractivity contribution in [1.82, 2.24) is 0 Å². The number of aryl methyl sites for hydroxylation is 1. The monoisotopic (exact) mass is 345 g/mol. The van der Waals surface area contributed by atoms with Gasteiger partial charge in [-0.1, -0.05) is 40.2 Å². The molecule has 2 aromatic carbocycles. The summed E-state index contributed by atoms with van der Waals surface area (Å²) in [6, 6.07) is 14.5. The van der Waals surface area contributed by atoms with Crippen molar-refractivity contribution in [2.24, 2.45) is 0 Å². The lowest BCUT2D eigenvalue weighted by atomic mass is 9.95. The molecule has 1 aliphatic heterocycles. The second-order valence-electron chi connectivity index (χ2n) is 5.76. The Labute approximate surface area is 134 Å². The highest BCUT2D eigenvalue weighted by Crippen LogP contribution is 2.30. The first-order chi connectivity index (χ1) is 10.1. The van der Waals surface area contributed by atoms with Crippen molar-refractivity contribution in [3.8, 4) is 0 Å². The van der Waals surface area contributed by atoms with Crippen LogP contribution in [0.25, 0.3) is 0 Å². The standard InChI is InChI=1S/C18H20BrNO/c1-20-9-3-5-14-12-15(7-8-17(14)20)18(21)11-13-4-2-6-16(19)10-13/h2,4,6-8,10,12,18,21H,3,5,9,11H2,1H3. The highest BCUT2D eigenvalue weighted by atomic mass is 79.9. The third-order valence-electron chi connectivity index (χ3n) is 4.16. The van der Waals surface area contributed by atoms with Gasteiger partial charge in [0.1, 0.15) is 0 Å². The molecule has 0 bridgehead atoms. The third-order valence-corrected chi connectivity index (χ3v) is 4.65. The van der Waals surface area contributed by atoms with Crippen LogP contribution in [0.15, 0.2) is 46.9 Å². The van der Waals surface area contributed by atoms with Gasteiger partial charge in [-0.05, 0) is 47.7 Å². The second-order valence-corrected chi connectivity index (χ2v) is 6.68. The lowest BCUT2D eigenvalue weighted by molar-refractivity contribution is 0.178. The number of hydrogen-bond donors (Lipinski definition) is 1. The van der Waals surface area contributed by atoms with Crippen LogP contribution in [0.5, 0.6) is 0 Å². The van der Waals surface area contributed by atoms with Crippen LogP contribution in [0.2, 0.25) is 0 Å². The predicted molar refractivity (Wildman–Crippen MR) is 90.8 cm³/mol. The zero-order chi connectivity index (χ0) is 14.8. The average molecular weight is 346 g/mol. The number of nitrogens with zero attached hydrogens (tertiary/aromatic N) is 1. The molecule has 110 valence electrons. The molecule has 1 atom stereocenters. The number of benzene rings is 2. The van der Waals surface area contributed by atoms with Crippen molar-refractivity contribution in [3.05, 3.63) is 63.6 Å². The normalized spacial score (nSPS) is 15.7. The summed E-state index contributed by atoms with van der Waals surface area (Å²) in [6.07, 6.45) is 2.50. The largest absolute Gasteiger partial charge is 0.388 e. The first-order valence-electron chi connectivity index (χ1n) is 7.40. The number of fused-ring (bicyclic) bond motifs is 1. The van der Waals surface area contributed by atoms with Crippen molar-refractivity contribution in [1.29, 1.82) is 0 Å². The van der Waals surface area contributed by atoms with Crippen molar-refractivity contribution >= 4 is 21.6 Å². The van der Waals surface area contributed by atoms with E-state index in [1.54, 1.807) is 0 Å². The lowest BCUT2D eigenvalue weighted by Gasteiger charge is -2.28. The van der Waals surface area contributed by atoms with E-state index in [9.17, 15) is 5.11 Å². The molecule has 0 amide bonds. The Balaban J connectivity index is 1.80. The molecule has 0 aliphatic carbocycles. The predicted octanol–water partition coefficient (Wildman–Crippen LogP) is 4.11. The first-order valence-corrected chi connectivity index (χ1v) is 8.19. The van der Waals surface area contributed by atoms with Crippen LogP contribution in [0.1, 0.15) is 29.2 Å². The number of anilines is 1. The van der Waals surface area contributed by atoms with Gasteiger partial charge in [0, 0.05) is 30.2 Å². The number of rotatable bonds is 3. The van der Waals surface area contributed by atoms with E-state index >= 15 is 0 Å². The number of aliphatic hydroxyl groups excluding tert-OH is 1. The maximum atomic E-state index is 10.5. The molecule has 2 nitrogen and oxygen atoms in total. The first kappa shape index (κ1) is 14.6. The molecule has 1 unspecified atom stereocenters. The fraction of sp³-hybridized carbons (Fsp3) is 0.333. The van der Waals surface area contributed by atoms with Crippen molar-refractivity contribution in [2.45, 2.75) is 25.4 Å². The maximum Gasteiger partial charge on any atom is 0.0830 e. The molecule has 3 heteroatoms. The minimum atomic E-state index is -0.447. The Kier molecular flexibility index (Phi) is 4.32. The molecule has 21 heavy (non-hydrogen) atoms. The summed E-state index contributed by atoms with van der Waals surface area (Å²) in [5, 5.41) is 10.5. The van der Waals surface area contributed by atoms with E-state index in [1.165, 1.54) is 17.7 Å². The van der Waals surface area contributed by atoms with Gasteiger partial charge in [0.2, 0.25) is 0 Å². The van der Waals surface area contributed by atoms with E-state index < -0.39 is 6.10 Å². The van der Waals surface area contributed by atoms with Crippen LogP contribution in [0.4, 0.5) is 5.69 Å². The Morgan fingerprint density at radius 1 is 1.24 bits per heavy atom.